The highest BCUT2D eigenvalue weighted by atomic mass is 32.1. The number of ether oxygens (including phenoxy) is 1. The van der Waals surface area contributed by atoms with E-state index >= 15 is 0 Å². The van der Waals surface area contributed by atoms with E-state index in [4.69, 9.17) is 4.74 Å². The molecule has 0 saturated carbocycles. The first kappa shape index (κ1) is 15.4. The fraction of sp³-hybridized carbons (Fsp3) is 0.714. The lowest BCUT2D eigenvalue weighted by Gasteiger charge is -2.26. The van der Waals surface area contributed by atoms with Crippen LogP contribution in [0.25, 0.3) is 0 Å². The van der Waals surface area contributed by atoms with Crippen molar-refractivity contribution in [3.63, 3.8) is 0 Å². The predicted molar refractivity (Wildman–Crippen MR) is 79.8 cm³/mol. The van der Waals surface area contributed by atoms with Crippen LogP contribution in [0.15, 0.2) is 11.6 Å². The van der Waals surface area contributed by atoms with Gasteiger partial charge in [0, 0.05) is 31.1 Å². The maximum Gasteiger partial charge on any atom is 0.220 e. The first-order valence-corrected chi connectivity index (χ1v) is 8.16. The molecule has 112 valence electrons. The summed E-state index contributed by atoms with van der Waals surface area (Å²) in [5.74, 6) is 0.125. The molecule has 5 nitrogen and oxygen atoms in total. The average Bonchev–Trinajstić information content (AvgIpc) is 3.00. The van der Waals surface area contributed by atoms with Crippen LogP contribution in [0.1, 0.15) is 37.2 Å². The molecule has 0 spiro atoms. The molecule has 1 atom stereocenters. The minimum Gasteiger partial charge on any atom is -0.379 e. The highest BCUT2D eigenvalue weighted by Gasteiger charge is 2.15. The summed E-state index contributed by atoms with van der Waals surface area (Å²) in [6.45, 7) is 6.64. The zero-order valence-electron chi connectivity index (χ0n) is 12.0. The molecule has 1 aromatic heterocycles. The van der Waals surface area contributed by atoms with Gasteiger partial charge in [0.2, 0.25) is 5.91 Å². The van der Waals surface area contributed by atoms with Crippen molar-refractivity contribution in [1.29, 1.82) is 0 Å². The van der Waals surface area contributed by atoms with Crippen molar-refractivity contribution in [3.8, 4) is 0 Å². The maximum atomic E-state index is 12.0. The normalized spacial score (nSPS) is 17.9. The van der Waals surface area contributed by atoms with Gasteiger partial charge in [-0.1, -0.05) is 6.92 Å². The van der Waals surface area contributed by atoms with Gasteiger partial charge in [-0.25, -0.2) is 4.98 Å². The van der Waals surface area contributed by atoms with Gasteiger partial charge in [0.05, 0.1) is 19.3 Å². The zero-order chi connectivity index (χ0) is 14.2. The summed E-state index contributed by atoms with van der Waals surface area (Å²) in [5.41, 5.74) is 0. The molecule has 0 bridgehead atoms. The number of amides is 1. The molecular weight excluding hydrogens is 274 g/mol. The second-order valence-corrected chi connectivity index (χ2v) is 5.88. The lowest BCUT2D eigenvalue weighted by Crippen LogP contribution is -2.37. The van der Waals surface area contributed by atoms with E-state index in [0.717, 1.165) is 50.7 Å². The Hall–Kier alpha value is -0.980. The van der Waals surface area contributed by atoms with Gasteiger partial charge >= 0.3 is 0 Å². The molecule has 0 unspecified atom stereocenters. The smallest absolute Gasteiger partial charge is 0.220 e. The van der Waals surface area contributed by atoms with Crippen molar-refractivity contribution in [2.45, 2.75) is 32.2 Å². The number of nitrogens with zero attached hydrogens (tertiary/aromatic N) is 2. The van der Waals surface area contributed by atoms with E-state index in [1.165, 1.54) is 0 Å². The molecule has 1 fully saturated rings. The first-order valence-electron chi connectivity index (χ1n) is 7.28. The minimum atomic E-state index is 0.0610. The van der Waals surface area contributed by atoms with E-state index in [1.54, 1.807) is 17.5 Å². The molecule has 1 aromatic rings. The van der Waals surface area contributed by atoms with Crippen LogP contribution in [0.3, 0.4) is 0 Å². The van der Waals surface area contributed by atoms with Crippen molar-refractivity contribution >= 4 is 17.2 Å². The highest BCUT2D eigenvalue weighted by molar-refractivity contribution is 7.09. The molecule has 0 aliphatic carbocycles. The molecule has 1 aliphatic rings. The lowest BCUT2D eigenvalue weighted by molar-refractivity contribution is -0.122. The molecular formula is C14H23N3O2S. The number of nitrogens with one attached hydrogen (secondary N) is 1. The van der Waals surface area contributed by atoms with Crippen LogP contribution < -0.4 is 5.32 Å². The monoisotopic (exact) mass is 297 g/mol. The number of carbonyl (C=O) groups is 1. The van der Waals surface area contributed by atoms with Crippen LogP contribution in [0.2, 0.25) is 0 Å². The Morgan fingerprint density at radius 1 is 1.55 bits per heavy atom. The average molecular weight is 297 g/mol. The van der Waals surface area contributed by atoms with Crippen LogP contribution in [-0.4, -0.2) is 48.6 Å². The molecule has 0 aromatic carbocycles. The summed E-state index contributed by atoms with van der Waals surface area (Å²) in [4.78, 5) is 18.6. The van der Waals surface area contributed by atoms with Gasteiger partial charge in [0.25, 0.3) is 0 Å². The first-order chi connectivity index (χ1) is 9.79. The second kappa shape index (κ2) is 8.34. The van der Waals surface area contributed by atoms with Crippen molar-refractivity contribution < 1.29 is 9.53 Å². The second-order valence-electron chi connectivity index (χ2n) is 4.96. The third-order valence-electron chi connectivity index (χ3n) is 3.47. The van der Waals surface area contributed by atoms with E-state index in [1.807, 2.05) is 5.38 Å². The predicted octanol–water partition coefficient (Wildman–Crippen LogP) is 1.82. The van der Waals surface area contributed by atoms with Crippen molar-refractivity contribution in [3.05, 3.63) is 16.6 Å². The number of thiazole rings is 1. The van der Waals surface area contributed by atoms with E-state index in [-0.39, 0.29) is 11.9 Å². The minimum absolute atomic E-state index is 0.0610. The van der Waals surface area contributed by atoms with Crippen molar-refractivity contribution in [2.24, 2.45) is 0 Å². The molecule has 1 aliphatic heterocycles. The molecule has 6 heteroatoms. The van der Waals surface area contributed by atoms with Gasteiger partial charge in [0.15, 0.2) is 0 Å². The van der Waals surface area contributed by atoms with Gasteiger partial charge in [-0.3, -0.25) is 9.69 Å². The number of hydrogen-bond donors (Lipinski definition) is 1. The summed E-state index contributed by atoms with van der Waals surface area (Å²) in [7, 11) is 0. The zero-order valence-corrected chi connectivity index (χ0v) is 12.8. The summed E-state index contributed by atoms with van der Waals surface area (Å²) < 4.78 is 5.31. The maximum absolute atomic E-state index is 12.0. The third-order valence-corrected chi connectivity index (χ3v) is 4.36. The van der Waals surface area contributed by atoms with E-state index in [0.29, 0.717) is 6.42 Å². The van der Waals surface area contributed by atoms with Gasteiger partial charge in [0.1, 0.15) is 5.01 Å². The number of carbonyl (C=O) groups excluding carboxylic acids is 1. The summed E-state index contributed by atoms with van der Waals surface area (Å²) in [6.07, 6.45) is 4.15. The largest absolute Gasteiger partial charge is 0.379 e. The molecule has 1 N–H and O–H groups in total. The third kappa shape index (κ3) is 4.85. The molecule has 1 saturated heterocycles. The fourth-order valence-electron chi connectivity index (χ4n) is 2.30. The van der Waals surface area contributed by atoms with Crippen LogP contribution >= 0.6 is 11.3 Å². The SMILES string of the molecule is CC[C@H](NC(=O)CCCN1CCOCC1)c1nccs1. The standard InChI is InChI=1S/C14H23N3O2S/c1-2-12(14-15-5-11-20-14)16-13(18)4-3-6-17-7-9-19-10-8-17/h5,11-12H,2-4,6-10H2,1H3,(H,16,18)/t12-/m0/s1. The fourth-order valence-corrected chi connectivity index (χ4v) is 3.07. The van der Waals surface area contributed by atoms with E-state index < -0.39 is 0 Å². The highest BCUT2D eigenvalue weighted by Crippen LogP contribution is 2.18. The Balaban J connectivity index is 1.66. The Morgan fingerprint density at radius 3 is 3.00 bits per heavy atom. The molecule has 2 heterocycles. The Morgan fingerprint density at radius 2 is 2.35 bits per heavy atom. The summed E-state index contributed by atoms with van der Waals surface area (Å²) in [5, 5.41) is 6.01. The van der Waals surface area contributed by atoms with Crippen LogP contribution in [-0.2, 0) is 9.53 Å². The number of morpholine rings is 1. The summed E-state index contributed by atoms with van der Waals surface area (Å²) in [6, 6.07) is 0.0610. The van der Waals surface area contributed by atoms with Gasteiger partial charge in [-0.15, -0.1) is 11.3 Å². The van der Waals surface area contributed by atoms with Crippen molar-refractivity contribution in [2.75, 3.05) is 32.8 Å². The molecule has 2 rings (SSSR count). The molecule has 1 amide bonds. The van der Waals surface area contributed by atoms with Gasteiger partial charge in [-0.2, -0.15) is 0 Å². The number of aromatic nitrogens is 1. The number of hydrogen-bond acceptors (Lipinski definition) is 5. The number of rotatable bonds is 7. The Kier molecular flexibility index (Phi) is 6.42. The van der Waals surface area contributed by atoms with Crippen LogP contribution in [0.5, 0.6) is 0 Å². The van der Waals surface area contributed by atoms with Crippen LogP contribution in [0.4, 0.5) is 0 Å². The van der Waals surface area contributed by atoms with Gasteiger partial charge in [-0.05, 0) is 19.4 Å². The summed E-state index contributed by atoms with van der Waals surface area (Å²) >= 11 is 1.60. The Labute approximate surface area is 124 Å². The van der Waals surface area contributed by atoms with Crippen molar-refractivity contribution in [1.82, 2.24) is 15.2 Å². The quantitative estimate of drug-likeness (QED) is 0.834. The van der Waals surface area contributed by atoms with Gasteiger partial charge < -0.3 is 10.1 Å². The topological polar surface area (TPSA) is 54.5 Å². The van der Waals surface area contributed by atoms with Crippen LogP contribution in [0, 0.1) is 0 Å². The Bertz CT molecular complexity index is 391. The van der Waals surface area contributed by atoms with E-state index in [2.05, 4.69) is 22.1 Å². The molecule has 20 heavy (non-hydrogen) atoms. The lowest BCUT2D eigenvalue weighted by atomic mass is 10.2. The molecule has 0 radical (unpaired) electrons. The van der Waals surface area contributed by atoms with E-state index in [9.17, 15) is 4.79 Å².